The Morgan fingerprint density at radius 3 is 1.57 bits per heavy atom. The molecule has 348 valence electrons. The van der Waals surface area contributed by atoms with Crippen LogP contribution in [0.3, 0.4) is 0 Å². The Labute approximate surface area is 374 Å². The van der Waals surface area contributed by atoms with Crippen LogP contribution in [0.15, 0.2) is 120 Å². The van der Waals surface area contributed by atoms with Crippen LogP contribution in [0.5, 0.6) is 0 Å². The number of hydrogen-bond acceptors (Lipinski definition) is 14. The summed E-state index contributed by atoms with van der Waals surface area (Å²) < 4.78 is 104. The van der Waals surface area contributed by atoms with Crippen LogP contribution in [0.2, 0.25) is 0 Å². The Hall–Kier alpha value is -5.53. The number of ether oxygens (including phenoxy) is 10. The lowest BCUT2D eigenvalue weighted by Gasteiger charge is -2.47. The Balaban J connectivity index is 1.38. The van der Waals surface area contributed by atoms with Crippen molar-refractivity contribution >= 4 is 24.1 Å². The van der Waals surface area contributed by atoms with E-state index in [1.807, 2.05) is 91.0 Å². The molecule has 6 rings (SSSR count). The normalized spacial score (nSPS) is 25.8. The lowest BCUT2D eigenvalue weighted by Crippen LogP contribution is -2.63. The Bertz CT molecular complexity index is 2150. The summed E-state index contributed by atoms with van der Waals surface area (Å²) in [5.41, 5.74) is 1.27. The van der Waals surface area contributed by atoms with Gasteiger partial charge in [-0.05, 0) is 22.8 Å². The van der Waals surface area contributed by atoms with Crippen molar-refractivity contribution in [2.24, 2.45) is 4.99 Å². The number of esters is 3. The third-order valence-electron chi connectivity index (χ3n) is 10.4. The summed E-state index contributed by atoms with van der Waals surface area (Å²) in [5, 5.41) is 0. The van der Waals surface area contributed by atoms with E-state index in [0.717, 1.165) is 49.7 Å². The lowest BCUT2D eigenvalue weighted by atomic mass is 9.96. The van der Waals surface area contributed by atoms with Crippen molar-refractivity contribution in [1.29, 1.82) is 0 Å². The third kappa shape index (κ3) is 14.0. The Kier molecular flexibility index (Phi) is 17.8. The second kappa shape index (κ2) is 23.6. The van der Waals surface area contributed by atoms with Crippen molar-refractivity contribution in [3.8, 4) is 0 Å². The third-order valence-corrected chi connectivity index (χ3v) is 10.4. The molecular weight excluding hydrogens is 856 g/mol. The van der Waals surface area contributed by atoms with E-state index in [4.69, 9.17) is 47.4 Å². The van der Waals surface area contributed by atoms with Crippen LogP contribution in [0.1, 0.15) is 48.6 Å². The topological polar surface area (TPSA) is 156 Å². The standard InChI is InChI=1S/C48H52F3NO13/c1-30(53)57-28-39-42(62-31(2)54)43(63-32(3)55)40(52-24-36-22-14-15-23-37(36)48(49,50)51)46(64-39)61-29-38-41(58-25-33-16-8-5-9-17-33)44(59-26-34-18-10-6-11-19-34)45(47(56-4)65-38)60-27-35-20-12-7-13-21-35/h5-24,38-47H,25-29H2,1-4H3/t38-,39-,40-,41-,42-,43-,44+,45-,46+,47+/m1/s1. The molecule has 2 aliphatic rings. The first-order valence-corrected chi connectivity index (χ1v) is 20.9. The van der Waals surface area contributed by atoms with Crippen molar-refractivity contribution in [3.63, 3.8) is 0 Å². The van der Waals surface area contributed by atoms with Gasteiger partial charge in [0, 0.05) is 39.7 Å². The first-order chi connectivity index (χ1) is 31.3. The van der Waals surface area contributed by atoms with Crippen molar-refractivity contribution in [2.45, 2.75) is 108 Å². The number of carbonyl (C=O) groups excluding carboxylic acids is 3. The molecule has 0 saturated carbocycles. The molecule has 17 heteroatoms. The largest absolute Gasteiger partial charge is 0.463 e. The van der Waals surface area contributed by atoms with Crippen LogP contribution in [0.4, 0.5) is 13.2 Å². The molecule has 0 aliphatic carbocycles. The van der Waals surface area contributed by atoms with Gasteiger partial charge in [0.1, 0.15) is 43.2 Å². The van der Waals surface area contributed by atoms with E-state index in [1.165, 1.54) is 25.3 Å². The molecule has 0 aromatic heterocycles. The molecule has 10 atom stereocenters. The molecule has 0 N–H and O–H groups in total. The first kappa shape index (κ1) is 48.9. The van der Waals surface area contributed by atoms with Gasteiger partial charge in [-0.1, -0.05) is 109 Å². The Morgan fingerprint density at radius 1 is 0.569 bits per heavy atom. The van der Waals surface area contributed by atoms with Crippen LogP contribution >= 0.6 is 0 Å². The number of rotatable bonds is 19. The minimum Gasteiger partial charge on any atom is -0.463 e. The first-order valence-electron chi connectivity index (χ1n) is 20.9. The minimum absolute atomic E-state index is 0.105. The molecule has 0 amide bonds. The van der Waals surface area contributed by atoms with Crippen molar-refractivity contribution in [2.75, 3.05) is 20.3 Å². The monoisotopic (exact) mass is 907 g/mol. The molecule has 2 fully saturated rings. The number of benzene rings is 4. The zero-order chi connectivity index (χ0) is 46.3. The van der Waals surface area contributed by atoms with Gasteiger partial charge in [-0.2, -0.15) is 13.2 Å². The highest BCUT2D eigenvalue weighted by atomic mass is 19.4. The highest BCUT2D eigenvalue weighted by Crippen LogP contribution is 2.35. The molecule has 4 aromatic carbocycles. The van der Waals surface area contributed by atoms with Gasteiger partial charge in [0.25, 0.3) is 0 Å². The summed E-state index contributed by atoms with van der Waals surface area (Å²) in [7, 11) is 1.45. The van der Waals surface area contributed by atoms with Crippen molar-refractivity contribution < 1.29 is 74.9 Å². The van der Waals surface area contributed by atoms with Gasteiger partial charge in [-0.15, -0.1) is 0 Å². The Morgan fingerprint density at radius 2 is 1.05 bits per heavy atom. The number of hydrogen-bond donors (Lipinski definition) is 0. The van der Waals surface area contributed by atoms with Crippen molar-refractivity contribution in [1.82, 2.24) is 0 Å². The fourth-order valence-corrected chi connectivity index (χ4v) is 7.47. The SMILES string of the molecule is CO[C@H]1O[C@H](CO[C@H]2O[C@H](COC(C)=O)[C@@H](OC(C)=O)[C@H](OC(C)=O)[C@H]2N=Cc2ccccc2C(F)(F)F)[C@@H](OCc2ccccc2)[C@H](OCc2ccccc2)[C@H]1OCc1ccccc1. The zero-order valence-electron chi connectivity index (χ0n) is 36.2. The summed E-state index contributed by atoms with van der Waals surface area (Å²) in [6.45, 7) is 2.91. The summed E-state index contributed by atoms with van der Waals surface area (Å²) in [6.07, 6.45) is -14.4. The van der Waals surface area contributed by atoms with E-state index in [0.29, 0.717) is 0 Å². The van der Waals surface area contributed by atoms with Crippen LogP contribution in [-0.2, 0) is 87.7 Å². The van der Waals surface area contributed by atoms with Gasteiger partial charge in [0.2, 0.25) is 0 Å². The second-order valence-electron chi connectivity index (χ2n) is 15.2. The van der Waals surface area contributed by atoms with E-state index < -0.39 is 97.6 Å². The average Bonchev–Trinajstić information content (AvgIpc) is 3.29. The maximum atomic E-state index is 14.2. The number of carbonyl (C=O) groups is 3. The molecule has 14 nitrogen and oxygen atoms in total. The quantitative estimate of drug-likeness (QED) is 0.0552. The zero-order valence-corrected chi connectivity index (χ0v) is 36.2. The van der Waals surface area contributed by atoms with E-state index in [-0.39, 0.29) is 32.0 Å². The van der Waals surface area contributed by atoms with Gasteiger partial charge in [0.05, 0.1) is 32.0 Å². The van der Waals surface area contributed by atoms with Crippen LogP contribution in [0, 0.1) is 0 Å². The lowest BCUT2D eigenvalue weighted by molar-refractivity contribution is -0.334. The molecule has 0 unspecified atom stereocenters. The van der Waals surface area contributed by atoms with Crippen LogP contribution in [0.25, 0.3) is 0 Å². The fourth-order valence-electron chi connectivity index (χ4n) is 7.47. The van der Waals surface area contributed by atoms with Gasteiger partial charge in [0.15, 0.2) is 24.8 Å². The molecule has 0 bridgehead atoms. The molecule has 0 radical (unpaired) electrons. The summed E-state index contributed by atoms with van der Waals surface area (Å²) in [6, 6.07) is 31.7. The van der Waals surface area contributed by atoms with Gasteiger partial charge >= 0.3 is 24.1 Å². The molecular formula is C48H52F3NO13. The van der Waals surface area contributed by atoms with E-state index in [9.17, 15) is 27.6 Å². The number of nitrogens with zero attached hydrogens (tertiary/aromatic N) is 1. The maximum absolute atomic E-state index is 14.2. The minimum atomic E-state index is -4.75. The predicted octanol–water partition coefficient (Wildman–Crippen LogP) is 6.79. The second-order valence-corrected chi connectivity index (χ2v) is 15.2. The average molecular weight is 908 g/mol. The van der Waals surface area contributed by atoms with Gasteiger partial charge in [-0.25, -0.2) is 0 Å². The van der Waals surface area contributed by atoms with E-state index >= 15 is 0 Å². The smallest absolute Gasteiger partial charge is 0.417 e. The highest BCUT2D eigenvalue weighted by Gasteiger charge is 2.53. The van der Waals surface area contributed by atoms with E-state index in [2.05, 4.69) is 4.99 Å². The molecule has 2 aliphatic heterocycles. The van der Waals surface area contributed by atoms with E-state index in [1.54, 1.807) is 0 Å². The van der Waals surface area contributed by atoms with Gasteiger partial charge < -0.3 is 47.4 Å². The number of methoxy groups -OCH3 is 1. The number of aliphatic imine (C=N–C) groups is 1. The van der Waals surface area contributed by atoms with Crippen LogP contribution in [-0.4, -0.2) is 106 Å². The molecule has 2 saturated heterocycles. The summed E-state index contributed by atoms with van der Waals surface area (Å²) >= 11 is 0. The predicted molar refractivity (Wildman–Crippen MR) is 226 cm³/mol. The molecule has 0 spiro atoms. The number of alkyl halides is 3. The maximum Gasteiger partial charge on any atom is 0.417 e. The van der Waals surface area contributed by atoms with Crippen molar-refractivity contribution in [3.05, 3.63) is 143 Å². The molecule has 65 heavy (non-hydrogen) atoms. The molecule has 4 aromatic rings. The van der Waals surface area contributed by atoms with Crippen LogP contribution < -0.4 is 0 Å². The highest BCUT2D eigenvalue weighted by molar-refractivity contribution is 5.82. The number of halogens is 3. The summed E-state index contributed by atoms with van der Waals surface area (Å²) in [4.78, 5) is 41.7. The fraction of sp³-hybridized carbons (Fsp3) is 0.417. The van der Waals surface area contributed by atoms with Gasteiger partial charge in [-0.3, -0.25) is 19.4 Å². The summed E-state index contributed by atoms with van der Waals surface area (Å²) in [5.74, 6) is -2.37. The molecule has 2 heterocycles.